The molecule has 0 aliphatic carbocycles. The van der Waals surface area contributed by atoms with E-state index in [-0.39, 0.29) is 22.5 Å². The number of pyridine rings is 1. The van der Waals surface area contributed by atoms with Gasteiger partial charge in [0.15, 0.2) is 17.4 Å². The van der Waals surface area contributed by atoms with Gasteiger partial charge in [-0.2, -0.15) is 10.5 Å². The predicted molar refractivity (Wildman–Crippen MR) is 82.0 cm³/mol. The lowest BCUT2D eigenvalue weighted by Crippen LogP contribution is -2.16. The molecule has 0 amide bonds. The van der Waals surface area contributed by atoms with Gasteiger partial charge < -0.3 is 15.5 Å². The summed E-state index contributed by atoms with van der Waals surface area (Å²) in [4.78, 5) is 14.0. The lowest BCUT2D eigenvalue weighted by atomic mass is 9.96. The van der Waals surface area contributed by atoms with Gasteiger partial charge in [-0.1, -0.05) is 0 Å². The molecule has 0 saturated carbocycles. The number of anilines is 1. The van der Waals surface area contributed by atoms with Gasteiger partial charge in [-0.3, -0.25) is 4.79 Å². The first kappa shape index (κ1) is 17.0. The number of halogens is 2. The molecule has 24 heavy (non-hydrogen) atoms. The lowest BCUT2D eigenvalue weighted by Gasteiger charge is -2.14. The highest BCUT2D eigenvalue weighted by Gasteiger charge is 2.22. The first-order valence-corrected chi connectivity index (χ1v) is 6.82. The number of ether oxygens (including phenoxy) is 1. The van der Waals surface area contributed by atoms with Gasteiger partial charge >= 0.3 is 0 Å². The summed E-state index contributed by atoms with van der Waals surface area (Å²) < 4.78 is 33.4. The van der Waals surface area contributed by atoms with E-state index in [0.717, 1.165) is 12.1 Å². The Morgan fingerprint density at radius 3 is 2.17 bits per heavy atom. The molecule has 1 aromatic heterocycles. The highest BCUT2D eigenvalue weighted by molar-refractivity contribution is 5.80. The largest absolute Gasteiger partial charge is 0.485 e. The quantitative estimate of drug-likeness (QED) is 0.896. The molecule has 1 aromatic carbocycles. The van der Waals surface area contributed by atoms with E-state index in [0.29, 0.717) is 0 Å². The van der Waals surface area contributed by atoms with Crippen molar-refractivity contribution in [2.75, 3.05) is 5.73 Å². The molecule has 0 radical (unpaired) electrons. The number of rotatable bonds is 3. The molecule has 2 rings (SSSR count). The maximum atomic E-state index is 14.2. The number of aromatic amines is 1. The van der Waals surface area contributed by atoms with Crippen molar-refractivity contribution < 1.29 is 13.5 Å². The van der Waals surface area contributed by atoms with Crippen LogP contribution in [-0.2, 0) is 0 Å². The molecule has 0 atom stereocenters. The Balaban J connectivity index is 2.82. The Bertz CT molecular complexity index is 929. The molecule has 1 heterocycles. The third kappa shape index (κ3) is 2.90. The highest BCUT2D eigenvalue weighted by Crippen LogP contribution is 2.33. The summed E-state index contributed by atoms with van der Waals surface area (Å²) in [5, 5.41) is 18.4. The van der Waals surface area contributed by atoms with Gasteiger partial charge in [0, 0.05) is 5.56 Å². The molecule has 0 unspecified atom stereocenters. The van der Waals surface area contributed by atoms with E-state index in [1.165, 1.54) is 0 Å². The molecule has 0 fully saturated rings. The maximum absolute atomic E-state index is 14.2. The number of benzene rings is 1. The van der Waals surface area contributed by atoms with Crippen LogP contribution in [0, 0.1) is 34.3 Å². The second-order valence-electron chi connectivity index (χ2n) is 5.15. The number of aromatic nitrogens is 1. The normalized spacial score (nSPS) is 10.3. The molecule has 8 heteroatoms. The molecule has 122 valence electrons. The zero-order valence-electron chi connectivity index (χ0n) is 12.8. The van der Waals surface area contributed by atoms with E-state index in [4.69, 9.17) is 15.7 Å². The number of hydrogen-bond donors (Lipinski definition) is 2. The summed E-state index contributed by atoms with van der Waals surface area (Å²) in [6.45, 7) is 3.21. The van der Waals surface area contributed by atoms with Crippen LogP contribution in [0.2, 0.25) is 0 Å². The van der Waals surface area contributed by atoms with Crippen molar-refractivity contribution in [2.24, 2.45) is 0 Å². The van der Waals surface area contributed by atoms with Crippen molar-refractivity contribution in [3.63, 3.8) is 0 Å². The Kier molecular flexibility index (Phi) is 4.52. The summed E-state index contributed by atoms with van der Waals surface area (Å²) in [6, 6.07) is 5.12. The first-order valence-electron chi connectivity index (χ1n) is 6.82. The monoisotopic (exact) mass is 330 g/mol. The SMILES string of the molecule is CC(C)Oc1c(F)cc(-c2c(C#N)c(N)[nH]c(=O)c2C#N)cc1F. The molecular weight excluding hydrogens is 318 g/mol. The summed E-state index contributed by atoms with van der Waals surface area (Å²) in [5.74, 6) is -2.92. The van der Waals surface area contributed by atoms with Crippen LogP contribution in [-0.4, -0.2) is 11.1 Å². The zero-order chi connectivity index (χ0) is 18.0. The number of nitrogens with zero attached hydrogens (tertiary/aromatic N) is 2. The molecule has 6 nitrogen and oxygen atoms in total. The third-order valence-electron chi connectivity index (χ3n) is 3.11. The van der Waals surface area contributed by atoms with Gasteiger partial charge in [-0.25, -0.2) is 8.78 Å². The Morgan fingerprint density at radius 2 is 1.71 bits per heavy atom. The number of nitrogen functional groups attached to an aromatic ring is 1. The molecule has 3 N–H and O–H groups in total. The van der Waals surface area contributed by atoms with Gasteiger partial charge in [0.05, 0.1) is 6.10 Å². The van der Waals surface area contributed by atoms with Crippen LogP contribution in [0.3, 0.4) is 0 Å². The molecule has 0 aliphatic rings. The molecule has 0 aliphatic heterocycles. The summed E-state index contributed by atoms with van der Waals surface area (Å²) in [7, 11) is 0. The van der Waals surface area contributed by atoms with Crippen molar-refractivity contribution in [3.8, 4) is 29.0 Å². The van der Waals surface area contributed by atoms with E-state index in [1.54, 1.807) is 26.0 Å². The van der Waals surface area contributed by atoms with Crippen LogP contribution < -0.4 is 16.0 Å². The van der Waals surface area contributed by atoms with E-state index in [9.17, 15) is 18.8 Å². The number of nitriles is 2. The minimum Gasteiger partial charge on any atom is -0.485 e. The first-order chi connectivity index (χ1) is 11.3. The molecule has 0 bridgehead atoms. The van der Waals surface area contributed by atoms with E-state index in [1.807, 2.05) is 0 Å². The Labute approximate surface area is 135 Å². The Hall–Kier alpha value is -3.39. The number of nitrogens with one attached hydrogen (secondary N) is 1. The second-order valence-corrected chi connectivity index (χ2v) is 5.15. The van der Waals surface area contributed by atoms with Gasteiger partial charge in [-0.15, -0.1) is 0 Å². The number of H-pyrrole nitrogens is 1. The molecule has 2 aromatic rings. The highest BCUT2D eigenvalue weighted by atomic mass is 19.1. The van der Waals surface area contributed by atoms with Crippen molar-refractivity contribution in [1.82, 2.24) is 4.98 Å². The molecule has 0 saturated heterocycles. The van der Waals surface area contributed by atoms with Crippen molar-refractivity contribution in [2.45, 2.75) is 20.0 Å². The van der Waals surface area contributed by atoms with Gasteiger partial charge in [-0.05, 0) is 31.5 Å². The minimum atomic E-state index is -1.02. The van der Waals surface area contributed by atoms with E-state index >= 15 is 0 Å². The van der Waals surface area contributed by atoms with Crippen LogP contribution >= 0.6 is 0 Å². The minimum absolute atomic E-state index is 0.160. The van der Waals surface area contributed by atoms with Crippen LogP contribution in [0.1, 0.15) is 25.0 Å². The van der Waals surface area contributed by atoms with E-state index < -0.39 is 34.6 Å². The lowest BCUT2D eigenvalue weighted by molar-refractivity contribution is 0.219. The third-order valence-corrected chi connectivity index (χ3v) is 3.11. The second kappa shape index (κ2) is 6.39. The average molecular weight is 330 g/mol. The number of nitrogens with two attached hydrogens (primary N) is 1. The van der Waals surface area contributed by atoms with Gasteiger partial charge in [0.1, 0.15) is 29.1 Å². The Morgan fingerprint density at radius 1 is 1.17 bits per heavy atom. The topological polar surface area (TPSA) is 116 Å². The van der Waals surface area contributed by atoms with Crippen LogP contribution in [0.15, 0.2) is 16.9 Å². The van der Waals surface area contributed by atoms with Crippen molar-refractivity contribution >= 4 is 5.82 Å². The summed E-state index contributed by atoms with van der Waals surface area (Å²) in [6.07, 6.45) is -0.459. The van der Waals surface area contributed by atoms with Gasteiger partial charge in [0.2, 0.25) is 0 Å². The van der Waals surface area contributed by atoms with Crippen molar-refractivity contribution in [3.05, 3.63) is 45.2 Å². The zero-order valence-corrected chi connectivity index (χ0v) is 12.8. The van der Waals surface area contributed by atoms with E-state index in [2.05, 4.69) is 4.98 Å². The molecule has 0 spiro atoms. The average Bonchev–Trinajstić information content (AvgIpc) is 2.49. The smallest absolute Gasteiger partial charge is 0.268 e. The predicted octanol–water partition coefficient (Wildman–Crippen LogP) is 2.43. The fourth-order valence-corrected chi connectivity index (χ4v) is 2.18. The van der Waals surface area contributed by atoms with Gasteiger partial charge in [0.25, 0.3) is 5.56 Å². The maximum Gasteiger partial charge on any atom is 0.268 e. The van der Waals surface area contributed by atoms with Crippen molar-refractivity contribution in [1.29, 1.82) is 10.5 Å². The summed E-state index contributed by atoms with van der Waals surface area (Å²) in [5.41, 5.74) is 3.62. The standard InChI is InChI=1S/C16H12F2N4O2/c1-7(2)24-14-11(17)3-8(4-12(14)18)13-9(5-19)15(21)22-16(23)10(13)6-20/h3-4,7H,1-2H3,(H3,21,22,23). The van der Waals surface area contributed by atoms with Crippen LogP contribution in [0.5, 0.6) is 5.75 Å². The summed E-state index contributed by atoms with van der Waals surface area (Å²) >= 11 is 0. The van der Waals surface area contributed by atoms with Crippen LogP contribution in [0.4, 0.5) is 14.6 Å². The number of hydrogen-bond acceptors (Lipinski definition) is 5. The van der Waals surface area contributed by atoms with Crippen LogP contribution in [0.25, 0.3) is 11.1 Å². The fraction of sp³-hybridized carbons (Fsp3) is 0.188. The fourth-order valence-electron chi connectivity index (χ4n) is 2.18. The molecular formula is C16H12F2N4O2.